The van der Waals surface area contributed by atoms with Gasteiger partial charge in [0.15, 0.2) is 0 Å². The summed E-state index contributed by atoms with van der Waals surface area (Å²) in [5, 5.41) is 0. The van der Waals surface area contributed by atoms with E-state index < -0.39 is 5.82 Å². The number of halogens is 1. The highest BCUT2D eigenvalue weighted by atomic mass is 19.1. The molecule has 1 amide bonds. The average Bonchev–Trinajstić information content (AvgIpc) is 3.05. The van der Waals surface area contributed by atoms with Gasteiger partial charge in [-0.2, -0.15) is 9.37 Å². The molecule has 0 unspecified atom stereocenters. The summed E-state index contributed by atoms with van der Waals surface area (Å²) in [5.41, 5.74) is 1.61. The predicted molar refractivity (Wildman–Crippen MR) is 85.3 cm³/mol. The minimum Gasteiger partial charge on any atom is -0.470 e. The Morgan fingerprint density at radius 1 is 1.42 bits per heavy atom. The highest BCUT2D eigenvalue weighted by Crippen LogP contribution is 2.22. The quantitative estimate of drug-likeness (QED) is 0.859. The van der Waals surface area contributed by atoms with Crippen molar-refractivity contribution in [2.75, 3.05) is 13.1 Å². The molecule has 1 fully saturated rings. The lowest BCUT2D eigenvalue weighted by Crippen LogP contribution is -2.31. The van der Waals surface area contributed by atoms with Crippen LogP contribution in [0.15, 0.2) is 24.7 Å². The summed E-state index contributed by atoms with van der Waals surface area (Å²) in [4.78, 5) is 26.2. The molecule has 0 aliphatic carbocycles. The predicted octanol–water partition coefficient (Wildman–Crippen LogP) is 2.18. The van der Waals surface area contributed by atoms with E-state index in [0.29, 0.717) is 42.9 Å². The Morgan fingerprint density at radius 2 is 2.25 bits per heavy atom. The molecule has 1 atom stereocenters. The molecular weight excluding hydrogens is 311 g/mol. The molecule has 2 aromatic heterocycles. The van der Waals surface area contributed by atoms with Gasteiger partial charge in [-0.3, -0.25) is 9.78 Å². The molecular formula is C17H19FN4O2. The van der Waals surface area contributed by atoms with Crippen LogP contribution in [0, 0.1) is 12.7 Å². The first-order chi connectivity index (χ1) is 11.6. The first-order valence-corrected chi connectivity index (χ1v) is 7.97. The summed E-state index contributed by atoms with van der Waals surface area (Å²) in [6.07, 6.45) is 3.79. The maximum atomic E-state index is 14.2. The fourth-order valence-corrected chi connectivity index (χ4v) is 2.76. The maximum Gasteiger partial charge on any atom is 0.255 e. The van der Waals surface area contributed by atoms with Crippen LogP contribution in [0.3, 0.4) is 0 Å². The number of hydrogen-bond donors (Lipinski definition) is 0. The van der Waals surface area contributed by atoms with Crippen molar-refractivity contribution in [2.24, 2.45) is 0 Å². The van der Waals surface area contributed by atoms with Crippen molar-refractivity contribution in [2.45, 2.75) is 32.8 Å². The van der Waals surface area contributed by atoms with Gasteiger partial charge in [-0.05, 0) is 25.5 Å². The number of amides is 1. The molecule has 24 heavy (non-hydrogen) atoms. The summed E-state index contributed by atoms with van der Waals surface area (Å²) in [6.45, 7) is 4.59. The molecule has 0 bridgehead atoms. The van der Waals surface area contributed by atoms with Crippen LogP contribution in [0.4, 0.5) is 4.39 Å². The van der Waals surface area contributed by atoms with E-state index in [1.165, 1.54) is 6.33 Å². The summed E-state index contributed by atoms with van der Waals surface area (Å²) >= 11 is 0. The molecule has 0 radical (unpaired) electrons. The molecule has 7 heteroatoms. The van der Waals surface area contributed by atoms with E-state index in [9.17, 15) is 9.18 Å². The van der Waals surface area contributed by atoms with Gasteiger partial charge in [-0.25, -0.2) is 4.98 Å². The molecule has 0 saturated carbocycles. The van der Waals surface area contributed by atoms with Gasteiger partial charge in [-0.15, -0.1) is 0 Å². The highest BCUT2D eigenvalue weighted by molar-refractivity contribution is 5.95. The van der Waals surface area contributed by atoms with Gasteiger partial charge >= 0.3 is 0 Å². The van der Waals surface area contributed by atoms with E-state index >= 15 is 0 Å². The lowest BCUT2D eigenvalue weighted by atomic mass is 10.2. The van der Waals surface area contributed by atoms with Crippen molar-refractivity contribution in [3.63, 3.8) is 0 Å². The topological polar surface area (TPSA) is 68.2 Å². The molecule has 1 saturated heterocycles. The molecule has 2 aromatic rings. The highest BCUT2D eigenvalue weighted by Gasteiger charge is 2.30. The summed E-state index contributed by atoms with van der Waals surface area (Å²) < 4.78 is 19.8. The van der Waals surface area contributed by atoms with Crippen molar-refractivity contribution in [1.82, 2.24) is 19.9 Å². The summed E-state index contributed by atoms with van der Waals surface area (Å²) in [5.74, 6) is -0.643. The average molecular weight is 330 g/mol. The number of aryl methyl sites for hydroxylation is 2. The minimum atomic E-state index is -0.520. The standard InChI is InChI=1S/C17H19FN4O2/c1-3-14-15(18)16(21-10-20-14)24-12-6-8-22(9-12)17(23)13-5-4-7-19-11(13)2/h4-5,7,10,12H,3,6,8-9H2,1-2H3/t12-/m0/s1. The molecule has 3 heterocycles. The number of carbonyl (C=O) groups excluding carboxylic acids is 1. The third-order valence-corrected chi connectivity index (χ3v) is 4.11. The van der Waals surface area contributed by atoms with Crippen LogP contribution in [-0.2, 0) is 6.42 Å². The largest absolute Gasteiger partial charge is 0.470 e. The second-order valence-electron chi connectivity index (χ2n) is 5.71. The number of hydrogen-bond acceptors (Lipinski definition) is 5. The molecule has 6 nitrogen and oxygen atoms in total. The molecule has 0 aromatic carbocycles. The molecule has 3 rings (SSSR count). The van der Waals surface area contributed by atoms with Gasteiger partial charge in [0.1, 0.15) is 12.4 Å². The van der Waals surface area contributed by atoms with E-state index in [0.717, 1.165) is 0 Å². The zero-order valence-corrected chi connectivity index (χ0v) is 13.7. The normalized spacial score (nSPS) is 17.1. The van der Waals surface area contributed by atoms with E-state index in [1.807, 2.05) is 6.92 Å². The number of pyridine rings is 1. The molecule has 0 spiro atoms. The van der Waals surface area contributed by atoms with Gasteiger partial charge in [0, 0.05) is 24.9 Å². The SMILES string of the molecule is CCc1ncnc(O[C@H]2CCN(C(=O)c3cccnc3C)C2)c1F. The monoisotopic (exact) mass is 330 g/mol. The summed E-state index contributed by atoms with van der Waals surface area (Å²) in [6, 6.07) is 3.50. The van der Waals surface area contributed by atoms with Crippen LogP contribution in [0.2, 0.25) is 0 Å². The number of nitrogens with zero attached hydrogens (tertiary/aromatic N) is 4. The van der Waals surface area contributed by atoms with Crippen LogP contribution in [-0.4, -0.2) is 45.0 Å². The zero-order valence-electron chi connectivity index (χ0n) is 13.7. The second kappa shape index (κ2) is 6.90. The van der Waals surface area contributed by atoms with E-state index in [2.05, 4.69) is 15.0 Å². The van der Waals surface area contributed by atoms with Crippen LogP contribution in [0.1, 0.15) is 35.1 Å². The lowest BCUT2D eigenvalue weighted by molar-refractivity contribution is 0.0768. The van der Waals surface area contributed by atoms with Gasteiger partial charge in [-0.1, -0.05) is 6.92 Å². The smallest absolute Gasteiger partial charge is 0.255 e. The van der Waals surface area contributed by atoms with Crippen molar-refractivity contribution in [3.8, 4) is 5.88 Å². The number of ether oxygens (including phenoxy) is 1. The Morgan fingerprint density at radius 3 is 3.00 bits per heavy atom. The Bertz CT molecular complexity index is 753. The number of carbonyl (C=O) groups is 1. The zero-order chi connectivity index (χ0) is 17.1. The van der Waals surface area contributed by atoms with E-state index in [-0.39, 0.29) is 17.9 Å². The van der Waals surface area contributed by atoms with Crippen LogP contribution in [0.25, 0.3) is 0 Å². The van der Waals surface area contributed by atoms with Crippen molar-refractivity contribution < 1.29 is 13.9 Å². The van der Waals surface area contributed by atoms with Gasteiger partial charge in [0.25, 0.3) is 11.8 Å². The van der Waals surface area contributed by atoms with Crippen LogP contribution in [0.5, 0.6) is 5.88 Å². The molecule has 1 aliphatic heterocycles. The maximum absolute atomic E-state index is 14.2. The first kappa shape index (κ1) is 16.3. The Hall–Kier alpha value is -2.57. The Kier molecular flexibility index (Phi) is 4.69. The minimum absolute atomic E-state index is 0.0429. The first-order valence-electron chi connectivity index (χ1n) is 7.97. The Labute approximate surface area is 139 Å². The van der Waals surface area contributed by atoms with E-state index in [1.54, 1.807) is 30.2 Å². The fourth-order valence-electron chi connectivity index (χ4n) is 2.76. The van der Waals surface area contributed by atoms with Gasteiger partial charge < -0.3 is 9.64 Å². The number of likely N-dealkylation sites (tertiary alicyclic amines) is 1. The van der Waals surface area contributed by atoms with Crippen LogP contribution >= 0.6 is 0 Å². The molecule has 0 N–H and O–H groups in total. The lowest BCUT2D eigenvalue weighted by Gasteiger charge is -2.18. The second-order valence-corrected chi connectivity index (χ2v) is 5.71. The third-order valence-electron chi connectivity index (χ3n) is 4.11. The van der Waals surface area contributed by atoms with Crippen molar-refractivity contribution >= 4 is 5.91 Å². The molecule has 126 valence electrons. The van der Waals surface area contributed by atoms with Gasteiger partial charge in [0.05, 0.1) is 17.8 Å². The van der Waals surface area contributed by atoms with Crippen molar-refractivity contribution in [3.05, 3.63) is 47.4 Å². The number of aromatic nitrogens is 3. The summed E-state index contributed by atoms with van der Waals surface area (Å²) in [7, 11) is 0. The Balaban J connectivity index is 1.68. The van der Waals surface area contributed by atoms with Crippen molar-refractivity contribution in [1.29, 1.82) is 0 Å². The fraction of sp³-hybridized carbons (Fsp3) is 0.412. The van der Waals surface area contributed by atoms with Gasteiger partial charge in [0.2, 0.25) is 5.82 Å². The molecule has 1 aliphatic rings. The van der Waals surface area contributed by atoms with Crippen LogP contribution < -0.4 is 4.74 Å². The number of rotatable bonds is 4. The van der Waals surface area contributed by atoms with E-state index in [4.69, 9.17) is 4.74 Å². The third kappa shape index (κ3) is 3.20.